The van der Waals surface area contributed by atoms with Gasteiger partial charge in [-0.1, -0.05) is 18.2 Å². The van der Waals surface area contributed by atoms with Gasteiger partial charge in [0.05, 0.1) is 11.2 Å². The number of aromatic nitrogens is 1. The number of halogens is 2. The summed E-state index contributed by atoms with van der Waals surface area (Å²) >= 11 is 0. The maximum atomic E-state index is 13.3. The molecule has 2 N–H and O–H groups in total. The van der Waals surface area contributed by atoms with Crippen LogP contribution in [0.3, 0.4) is 0 Å². The third-order valence-corrected chi connectivity index (χ3v) is 4.19. The summed E-state index contributed by atoms with van der Waals surface area (Å²) in [6.45, 7) is 2.88. The highest BCUT2D eigenvalue weighted by Gasteiger charge is 2.36. The second kappa shape index (κ2) is 7.11. The maximum absolute atomic E-state index is 13.3. The fourth-order valence-corrected chi connectivity index (χ4v) is 2.45. The molecule has 3 rings (SSSR count). The number of anilines is 2. The number of rotatable bonds is 4. The zero-order valence-electron chi connectivity index (χ0n) is 14.7. The van der Waals surface area contributed by atoms with E-state index in [9.17, 15) is 18.4 Å². The first-order chi connectivity index (χ1) is 12.8. The van der Waals surface area contributed by atoms with Gasteiger partial charge in [0.25, 0.3) is 0 Å². The highest BCUT2D eigenvalue weighted by molar-refractivity contribution is 6.15. The number of carbonyl (C=O) groups is 2. The number of amides is 2. The van der Waals surface area contributed by atoms with Crippen molar-refractivity contribution in [2.45, 2.75) is 13.8 Å². The highest BCUT2D eigenvalue weighted by atomic mass is 19.2. The lowest BCUT2D eigenvalue weighted by Gasteiger charge is -2.23. The average Bonchev–Trinajstić information content (AvgIpc) is 2.65. The molecular formula is C20H17F2N3O2. The van der Waals surface area contributed by atoms with Crippen LogP contribution in [0.25, 0.3) is 10.9 Å². The molecule has 0 atom stereocenters. The molecule has 5 nitrogen and oxygen atoms in total. The minimum atomic E-state index is -1.47. The van der Waals surface area contributed by atoms with Crippen molar-refractivity contribution in [3.63, 3.8) is 0 Å². The van der Waals surface area contributed by atoms with E-state index in [1.165, 1.54) is 19.9 Å². The Hall–Kier alpha value is -3.35. The van der Waals surface area contributed by atoms with E-state index in [0.29, 0.717) is 11.2 Å². The van der Waals surface area contributed by atoms with E-state index in [-0.39, 0.29) is 5.69 Å². The van der Waals surface area contributed by atoms with Crippen molar-refractivity contribution < 1.29 is 18.4 Å². The molecule has 0 saturated heterocycles. The van der Waals surface area contributed by atoms with Crippen LogP contribution in [-0.2, 0) is 9.59 Å². The monoisotopic (exact) mass is 369 g/mol. The van der Waals surface area contributed by atoms with Crippen LogP contribution >= 0.6 is 0 Å². The first-order valence-corrected chi connectivity index (χ1v) is 8.21. The third-order valence-electron chi connectivity index (χ3n) is 4.19. The second-order valence-electron chi connectivity index (χ2n) is 6.54. The van der Waals surface area contributed by atoms with Crippen molar-refractivity contribution in [2.24, 2.45) is 5.41 Å². The maximum Gasteiger partial charge on any atom is 0.239 e. The molecule has 0 unspecified atom stereocenters. The largest absolute Gasteiger partial charge is 0.325 e. The summed E-state index contributed by atoms with van der Waals surface area (Å²) in [5.74, 6) is -3.31. The molecule has 1 aromatic heterocycles. The minimum absolute atomic E-state index is 0.0617. The number of fused-ring (bicyclic) bond motifs is 1. The lowest BCUT2D eigenvalue weighted by molar-refractivity contribution is -0.135. The Kier molecular flexibility index (Phi) is 4.85. The van der Waals surface area contributed by atoms with Crippen LogP contribution in [0.15, 0.2) is 54.7 Å². The van der Waals surface area contributed by atoms with Gasteiger partial charge in [0.15, 0.2) is 11.6 Å². The second-order valence-corrected chi connectivity index (χ2v) is 6.54. The van der Waals surface area contributed by atoms with Gasteiger partial charge in [-0.2, -0.15) is 0 Å². The SMILES string of the molecule is CC(C)(C(=O)Nc1ccc(F)c(F)c1)C(=O)Nc1cccc2cccnc12. The Balaban J connectivity index is 1.79. The van der Waals surface area contributed by atoms with Crippen LogP contribution in [0.1, 0.15) is 13.8 Å². The number of carbonyl (C=O) groups excluding carboxylic acids is 2. The Labute approximate surface area is 154 Å². The number of benzene rings is 2. The van der Waals surface area contributed by atoms with Gasteiger partial charge in [-0.15, -0.1) is 0 Å². The molecule has 0 fully saturated rings. The van der Waals surface area contributed by atoms with Crippen LogP contribution in [0, 0.1) is 17.0 Å². The molecule has 138 valence electrons. The van der Waals surface area contributed by atoms with Crippen molar-refractivity contribution in [1.29, 1.82) is 0 Å². The predicted molar refractivity (Wildman–Crippen MR) is 99.1 cm³/mol. The third kappa shape index (κ3) is 3.76. The molecule has 0 spiro atoms. The molecular weight excluding hydrogens is 352 g/mol. The smallest absolute Gasteiger partial charge is 0.239 e. The molecule has 0 aliphatic carbocycles. The molecule has 3 aromatic rings. The van der Waals surface area contributed by atoms with E-state index in [4.69, 9.17) is 0 Å². The Morgan fingerprint density at radius 1 is 0.926 bits per heavy atom. The number of nitrogens with one attached hydrogen (secondary N) is 2. The van der Waals surface area contributed by atoms with Gasteiger partial charge < -0.3 is 10.6 Å². The summed E-state index contributed by atoms with van der Waals surface area (Å²) in [5, 5.41) is 5.99. The van der Waals surface area contributed by atoms with E-state index >= 15 is 0 Å². The van der Waals surface area contributed by atoms with Gasteiger partial charge in [-0.3, -0.25) is 14.6 Å². The predicted octanol–water partition coefficient (Wildman–Crippen LogP) is 4.12. The van der Waals surface area contributed by atoms with Crippen LogP contribution in [0.2, 0.25) is 0 Å². The number of pyridine rings is 1. The van der Waals surface area contributed by atoms with E-state index in [0.717, 1.165) is 17.5 Å². The molecule has 27 heavy (non-hydrogen) atoms. The Morgan fingerprint density at radius 2 is 1.63 bits per heavy atom. The number of para-hydroxylation sites is 1. The molecule has 2 amide bonds. The van der Waals surface area contributed by atoms with Gasteiger partial charge in [0.2, 0.25) is 11.8 Å². The first kappa shape index (κ1) is 18.4. The molecule has 1 heterocycles. The molecule has 7 heteroatoms. The zero-order valence-corrected chi connectivity index (χ0v) is 14.7. The van der Waals surface area contributed by atoms with E-state index in [1.54, 1.807) is 24.4 Å². The Bertz CT molecular complexity index is 1030. The normalized spacial score (nSPS) is 11.3. The number of hydrogen-bond donors (Lipinski definition) is 2. The molecule has 0 aliphatic heterocycles. The summed E-state index contributed by atoms with van der Waals surface area (Å²) < 4.78 is 26.3. The number of nitrogens with zero attached hydrogens (tertiary/aromatic N) is 1. The quantitative estimate of drug-likeness (QED) is 0.680. The molecule has 0 bridgehead atoms. The standard InChI is InChI=1S/C20H17F2N3O2/c1-20(2,18(26)24-13-8-9-14(21)15(22)11-13)19(27)25-16-7-3-5-12-6-4-10-23-17(12)16/h3-11H,1-2H3,(H,24,26)(H,25,27). The van der Waals surface area contributed by atoms with E-state index in [1.807, 2.05) is 12.1 Å². The van der Waals surface area contributed by atoms with Crippen molar-refractivity contribution in [3.05, 3.63) is 66.4 Å². The summed E-state index contributed by atoms with van der Waals surface area (Å²) in [6.07, 6.45) is 1.61. The summed E-state index contributed by atoms with van der Waals surface area (Å²) in [6, 6.07) is 11.9. The van der Waals surface area contributed by atoms with E-state index < -0.39 is 28.9 Å². The summed E-state index contributed by atoms with van der Waals surface area (Å²) in [5.41, 5.74) is -0.328. The van der Waals surface area contributed by atoms with Crippen LogP contribution in [-0.4, -0.2) is 16.8 Å². The van der Waals surface area contributed by atoms with Crippen LogP contribution in [0.4, 0.5) is 20.2 Å². The van der Waals surface area contributed by atoms with Crippen LogP contribution in [0.5, 0.6) is 0 Å². The van der Waals surface area contributed by atoms with Crippen molar-refractivity contribution >= 4 is 34.1 Å². The van der Waals surface area contributed by atoms with E-state index in [2.05, 4.69) is 15.6 Å². The fraction of sp³-hybridized carbons (Fsp3) is 0.150. The summed E-state index contributed by atoms with van der Waals surface area (Å²) in [4.78, 5) is 29.5. The molecule has 0 saturated carbocycles. The van der Waals surface area contributed by atoms with Gasteiger partial charge >= 0.3 is 0 Å². The lowest BCUT2D eigenvalue weighted by Crippen LogP contribution is -2.41. The molecule has 0 radical (unpaired) electrons. The average molecular weight is 369 g/mol. The van der Waals surface area contributed by atoms with Crippen molar-refractivity contribution in [1.82, 2.24) is 4.98 Å². The highest BCUT2D eigenvalue weighted by Crippen LogP contribution is 2.25. The van der Waals surface area contributed by atoms with Gasteiger partial charge in [-0.25, -0.2) is 8.78 Å². The fourth-order valence-electron chi connectivity index (χ4n) is 2.45. The van der Waals surface area contributed by atoms with Gasteiger partial charge in [0, 0.05) is 23.3 Å². The minimum Gasteiger partial charge on any atom is -0.325 e. The number of hydrogen-bond acceptors (Lipinski definition) is 3. The topological polar surface area (TPSA) is 71.1 Å². The zero-order chi connectivity index (χ0) is 19.6. The van der Waals surface area contributed by atoms with Crippen molar-refractivity contribution in [3.8, 4) is 0 Å². The summed E-state index contributed by atoms with van der Waals surface area (Å²) in [7, 11) is 0. The molecule has 2 aromatic carbocycles. The lowest BCUT2D eigenvalue weighted by atomic mass is 9.90. The van der Waals surface area contributed by atoms with Gasteiger partial charge in [-0.05, 0) is 38.1 Å². The Morgan fingerprint density at radius 3 is 2.37 bits per heavy atom. The van der Waals surface area contributed by atoms with Gasteiger partial charge in [0.1, 0.15) is 5.41 Å². The van der Waals surface area contributed by atoms with Crippen molar-refractivity contribution in [2.75, 3.05) is 10.6 Å². The molecule has 0 aliphatic rings. The van der Waals surface area contributed by atoms with Crippen LogP contribution < -0.4 is 10.6 Å². The first-order valence-electron chi connectivity index (χ1n) is 8.21.